The second-order valence-electron chi connectivity index (χ2n) is 7.05. The van der Waals surface area contributed by atoms with Crippen LogP contribution in [0.1, 0.15) is 28.8 Å². The zero-order valence-corrected chi connectivity index (χ0v) is 18.3. The number of aromatic nitrogens is 2. The topological polar surface area (TPSA) is 105 Å². The molecule has 1 aromatic carbocycles. The summed E-state index contributed by atoms with van der Waals surface area (Å²) in [5, 5.41) is 3.90. The Morgan fingerprint density at radius 3 is 2.80 bits per heavy atom. The maximum Gasteiger partial charge on any atom is 0.242 e. The first kappa shape index (κ1) is 20.7. The molecule has 4 rings (SSSR count). The van der Waals surface area contributed by atoms with Crippen LogP contribution in [-0.4, -0.2) is 42.5 Å². The van der Waals surface area contributed by atoms with Gasteiger partial charge in [-0.05, 0) is 30.5 Å². The second-order valence-corrected chi connectivity index (χ2v) is 10.0. The van der Waals surface area contributed by atoms with Crippen LogP contribution in [0.25, 0.3) is 10.7 Å². The molecule has 10 heteroatoms. The normalized spacial score (nSPS) is 14.0. The van der Waals surface area contributed by atoms with Gasteiger partial charge in [0.15, 0.2) is 0 Å². The number of amides is 1. The van der Waals surface area contributed by atoms with E-state index in [9.17, 15) is 13.2 Å². The van der Waals surface area contributed by atoms with Gasteiger partial charge in [-0.1, -0.05) is 36.3 Å². The molecule has 1 amide bonds. The van der Waals surface area contributed by atoms with Gasteiger partial charge in [-0.15, -0.1) is 11.3 Å². The lowest BCUT2D eigenvalue weighted by molar-refractivity contribution is -0.130. The molecule has 0 atom stereocenters. The fraction of sp³-hybridized carbons (Fsp3) is 0.350. The molecule has 3 heterocycles. The molecule has 2 aromatic heterocycles. The van der Waals surface area contributed by atoms with Crippen LogP contribution in [-0.2, 0) is 34.2 Å². The smallest absolute Gasteiger partial charge is 0.242 e. The monoisotopic (exact) mass is 446 g/mol. The SMILES string of the molecule is CCc1nc(-c2cc(S(=O)(=O)NCC(=O)N3CCc4ccccc4C3)c(C)s2)no1. The van der Waals surface area contributed by atoms with Gasteiger partial charge >= 0.3 is 0 Å². The van der Waals surface area contributed by atoms with Gasteiger partial charge in [0, 0.05) is 24.4 Å². The first-order chi connectivity index (χ1) is 14.4. The summed E-state index contributed by atoms with van der Waals surface area (Å²) >= 11 is 1.27. The molecule has 0 saturated heterocycles. The van der Waals surface area contributed by atoms with Gasteiger partial charge in [0.25, 0.3) is 0 Å². The van der Waals surface area contributed by atoms with Crippen molar-refractivity contribution in [2.24, 2.45) is 0 Å². The third-order valence-corrected chi connectivity index (χ3v) is 7.75. The van der Waals surface area contributed by atoms with Crippen LogP contribution in [0.15, 0.2) is 39.8 Å². The molecule has 0 aliphatic carbocycles. The zero-order chi connectivity index (χ0) is 21.3. The highest BCUT2D eigenvalue weighted by Crippen LogP contribution is 2.32. The van der Waals surface area contributed by atoms with Gasteiger partial charge in [-0.3, -0.25) is 4.79 Å². The number of fused-ring (bicyclic) bond motifs is 1. The summed E-state index contributed by atoms with van der Waals surface area (Å²) in [6.07, 6.45) is 1.37. The molecule has 30 heavy (non-hydrogen) atoms. The van der Waals surface area contributed by atoms with Crippen molar-refractivity contribution >= 4 is 27.3 Å². The summed E-state index contributed by atoms with van der Waals surface area (Å²) in [6.45, 7) is 4.41. The summed E-state index contributed by atoms with van der Waals surface area (Å²) in [5.74, 6) is 0.615. The van der Waals surface area contributed by atoms with Crippen LogP contribution in [0.2, 0.25) is 0 Å². The number of sulfonamides is 1. The second kappa shape index (κ2) is 8.29. The maximum atomic E-state index is 12.8. The first-order valence-electron chi connectivity index (χ1n) is 9.65. The number of thiophene rings is 1. The van der Waals surface area contributed by atoms with E-state index in [4.69, 9.17) is 4.52 Å². The predicted molar refractivity (Wildman–Crippen MR) is 112 cm³/mol. The van der Waals surface area contributed by atoms with Gasteiger partial charge < -0.3 is 9.42 Å². The maximum absolute atomic E-state index is 12.8. The highest BCUT2D eigenvalue weighted by Gasteiger charge is 2.25. The Hall–Kier alpha value is -2.56. The molecule has 0 radical (unpaired) electrons. The number of carbonyl (C=O) groups is 1. The number of rotatable bonds is 6. The molecule has 1 N–H and O–H groups in total. The number of nitrogens with one attached hydrogen (secondary N) is 1. The van der Waals surface area contributed by atoms with Crippen LogP contribution in [0.5, 0.6) is 0 Å². The third kappa shape index (κ3) is 4.16. The molecular formula is C20H22N4O4S2. The van der Waals surface area contributed by atoms with Crippen molar-refractivity contribution in [3.63, 3.8) is 0 Å². The molecule has 1 aliphatic heterocycles. The van der Waals surface area contributed by atoms with E-state index in [2.05, 4.69) is 20.9 Å². The minimum absolute atomic E-state index is 0.127. The van der Waals surface area contributed by atoms with E-state index in [1.54, 1.807) is 11.8 Å². The summed E-state index contributed by atoms with van der Waals surface area (Å²) in [5.41, 5.74) is 2.33. The number of aryl methyl sites for hydroxylation is 2. The van der Waals surface area contributed by atoms with E-state index in [1.807, 2.05) is 25.1 Å². The van der Waals surface area contributed by atoms with E-state index in [-0.39, 0.29) is 17.3 Å². The van der Waals surface area contributed by atoms with Crippen molar-refractivity contribution in [3.05, 3.63) is 52.2 Å². The number of benzene rings is 1. The quantitative estimate of drug-likeness (QED) is 0.624. The molecule has 3 aromatic rings. The van der Waals surface area contributed by atoms with E-state index < -0.39 is 10.0 Å². The molecular weight excluding hydrogens is 424 g/mol. The standard InChI is InChI=1S/C20H22N4O4S2/c1-3-18-22-20(23-28-18)16-10-17(13(2)29-16)30(26,27)21-11-19(25)24-9-8-14-6-4-5-7-15(14)12-24/h4-7,10,21H,3,8-9,11-12H2,1-2H3. The van der Waals surface area contributed by atoms with E-state index in [0.29, 0.717) is 41.0 Å². The Labute approximate surface area is 179 Å². The fourth-order valence-corrected chi connectivity index (χ4v) is 5.89. The summed E-state index contributed by atoms with van der Waals surface area (Å²) in [7, 11) is -3.84. The van der Waals surface area contributed by atoms with Gasteiger partial charge in [0.2, 0.25) is 27.6 Å². The van der Waals surface area contributed by atoms with Crippen LogP contribution in [0.3, 0.4) is 0 Å². The average Bonchev–Trinajstić information content (AvgIpc) is 3.38. The van der Waals surface area contributed by atoms with E-state index in [1.165, 1.54) is 23.0 Å². The van der Waals surface area contributed by atoms with Gasteiger partial charge in [0.1, 0.15) is 0 Å². The minimum atomic E-state index is -3.84. The number of hydrogen-bond donors (Lipinski definition) is 1. The molecule has 0 spiro atoms. The molecule has 0 bridgehead atoms. The Morgan fingerprint density at radius 2 is 2.07 bits per heavy atom. The highest BCUT2D eigenvalue weighted by molar-refractivity contribution is 7.89. The summed E-state index contributed by atoms with van der Waals surface area (Å²) < 4.78 is 33.2. The van der Waals surface area contributed by atoms with E-state index >= 15 is 0 Å². The lowest BCUT2D eigenvalue weighted by atomic mass is 10.00. The Morgan fingerprint density at radius 1 is 1.30 bits per heavy atom. The highest BCUT2D eigenvalue weighted by atomic mass is 32.2. The summed E-state index contributed by atoms with van der Waals surface area (Å²) in [4.78, 5) is 19.9. The Bertz CT molecular complexity index is 1180. The molecule has 0 saturated carbocycles. The zero-order valence-electron chi connectivity index (χ0n) is 16.7. The third-order valence-electron chi connectivity index (χ3n) is 5.05. The van der Waals surface area contributed by atoms with Crippen LogP contribution in [0.4, 0.5) is 0 Å². The summed E-state index contributed by atoms with van der Waals surface area (Å²) in [6, 6.07) is 9.51. The molecule has 8 nitrogen and oxygen atoms in total. The lowest BCUT2D eigenvalue weighted by Crippen LogP contribution is -2.42. The van der Waals surface area contributed by atoms with E-state index in [0.717, 1.165) is 12.0 Å². The van der Waals surface area contributed by atoms with Crippen molar-refractivity contribution in [2.45, 2.75) is 38.1 Å². The molecule has 1 aliphatic rings. The predicted octanol–water partition coefficient (Wildman–Crippen LogP) is 2.53. The largest absolute Gasteiger partial charge is 0.339 e. The van der Waals surface area contributed by atoms with Crippen molar-refractivity contribution in [1.29, 1.82) is 0 Å². The van der Waals surface area contributed by atoms with Gasteiger partial charge in [0.05, 0.1) is 16.3 Å². The fourth-order valence-electron chi connectivity index (χ4n) is 3.40. The average molecular weight is 447 g/mol. The van der Waals surface area contributed by atoms with Crippen molar-refractivity contribution < 1.29 is 17.7 Å². The van der Waals surface area contributed by atoms with Crippen molar-refractivity contribution in [2.75, 3.05) is 13.1 Å². The lowest BCUT2D eigenvalue weighted by Gasteiger charge is -2.29. The van der Waals surface area contributed by atoms with Crippen molar-refractivity contribution in [1.82, 2.24) is 19.8 Å². The van der Waals surface area contributed by atoms with Crippen LogP contribution in [0, 0.1) is 6.92 Å². The number of carbonyl (C=O) groups excluding carboxylic acids is 1. The molecule has 0 fully saturated rings. The van der Waals surface area contributed by atoms with Gasteiger partial charge in [-0.2, -0.15) is 4.98 Å². The van der Waals surface area contributed by atoms with Crippen LogP contribution < -0.4 is 4.72 Å². The molecule has 0 unspecified atom stereocenters. The minimum Gasteiger partial charge on any atom is -0.339 e. The Kier molecular flexibility index (Phi) is 5.72. The first-order valence-corrected chi connectivity index (χ1v) is 11.9. The van der Waals surface area contributed by atoms with Crippen molar-refractivity contribution in [3.8, 4) is 10.7 Å². The number of nitrogens with zero attached hydrogens (tertiary/aromatic N) is 3. The number of hydrogen-bond acceptors (Lipinski definition) is 7. The Balaban J connectivity index is 1.44. The van der Waals surface area contributed by atoms with Crippen LogP contribution >= 0.6 is 11.3 Å². The van der Waals surface area contributed by atoms with Gasteiger partial charge in [-0.25, -0.2) is 13.1 Å². The molecule has 158 valence electrons.